The number of hydrogen-bond donors (Lipinski definition) is 4. The molecule has 10 rings (SSSR count). The molecule has 7 atom stereocenters. The van der Waals surface area contributed by atoms with Crippen LogP contribution in [0.5, 0.6) is 28.7 Å². The van der Waals surface area contributed by atoms with Gasteiger partial charge in [-0.3, -0.25) is 15.0 Å². The van der Waals surface area contributed by atoms with Gasteiger partial charge in [0.2, 0.25) is 6.79 Å². The van der Waals surface area contributed by atoms with Crippen LogP contribution in [0.4, 0.5) is 0 Å². The van der Waals surface area contributed by atoms with E-state index in [-0.39, 0.29) is 37.4 Å². The number of phenolic OH excluding ortho intramolecular Hbond substituents is 1. The van der Waals surface area contributed by atoms with Gasteiger partial charge < -0.3 is 48.5 Å². The first kappa shape index (κ1) is 38.0. The normalized spacial score (nSPS) is 27.7. The number of carbonyl (C=O) groups is 2. The average Bonchev–Trinajstić information content (AvgIpc) is 3.78. The smallest absolute Gasteiger partial charge is 0.333 e. The maximum absolute atomic E-state index is 15.1. The second-order valence-electron chi connectivity index (χ2n) is 15.9. The zero-order chi connectivity index (χ0) is 40.1. The molecule has 6 aliphatic rings. The van der Waals surface area contributed by atoms with E-state index in [2.05, 4.69) is 16.4 Å². The molecule has 1 aromatic heterocycles. The van der Waals surface area contributed by atoms with E-state index >= 15 is 4.79 Å². The first-order chi connectivity index (χ1) is 27.4. The molecule has 14 nitrogen and oxygen atoms in total. The Bertz CT molecular complexity index is 2310. The first-order valence-corrected chi connectivity index (χ1v) is 20.3. The van der Waals surface area contributed by atoms with Gasteiger partial charge in [0.25, 0.3) is 0 Å². The Morgan fingerprint density at radius 1 is 1.07 bits per heavy atom. The van der Waals surface area contributed by atoms with Gasteiger partial charge in [0.1, 0.15) is 18.6 Å². The Labute approximate surface area is 334 Å². The quantitative estimate of drug-likeness (QED) is 0.166. The maximum Gasteiger partial charge on any atom is 0.333 e. The van der Waals surface area contributed by atoms with Gasteiger partial charge in [-0.15, -0.1) is 11.8 Å². The Balaban J connectivity index is 1.33. The number of nitrogens with zero attached hydrogens (tertiary/aromatic N) is 2. The molecule has 57 heavy (non-hydrogen) atoms. The molecule has 0 radical (unpaired) electrons. The van der Waals surface area contributed by atoms with Gasteiger partial charge in [-0.05, 0) is 57.1 Å². The van der Waals surface area contributed by atoms with Crippen molar-refractivity contribution in [2.45, 2.75) is 74.8 Å². The van der Waals surface area contributed by atoms with E-state index in [1.54, 1.807) is 7.11 Å². The van der Waals surface area contributed by atoms with Gasteiger partial charge in [-0.2, -0.15) is 0 Å². The van der Waals surface area contributed by atoms with Crippen molar-refractivity contribution in [3.8, 4) is 28.7 Å². The third-order valence-electron chi connectivity index (χ3n) is 12.4. The van der Waals surface area contributed by atoms with Crippen molar-refractivity contribution >= 4 is 34.6 Å². The molecule has 302 valence electrons. The highest BCUT2D eigenvalue weighted by Crippen LogP contribution is 2.63. The highest BCUT2D eigenvalue weighted by Gasteiger charge is 2.58. The molecule has 0 saturated carbocycles. The number of para-hydroxylation sites is 1. The van der Waals surface area contributed by atoms with Gasteiger partial charge >= 0.3 is 11.9 Å². The Hall–Kier alpha value is -4.51. The van der Waals surface area contributed by atoms with Crippen LogP contribution in [0, 0.1) is 13.8 Å². The number of carbonyl (C=O) groups excluding carboxylic acids is 2. The molecule has 1 fully saturated rings. The topological polar surface area (TPSA) is 164 Å². The third-order valence-corrected chi connectivity index (χ3v) is 13.8. The number of aromatic nitrogens is 1. The van der Waals surface area contributed by atoms with E-state index in [9.17, 15) is 15.0 Å². The predicted molar refractivity (Wildman–Crippen MR) is 211 cm³/mol. The van der Waals surface area contributed by atoms with Crippen molar-refractivity contribution < 1.29 is 48.2 Å². The number of aromatic amines is 1. The number of benzene rings is 3. The summed E-state index contributed by atoms with van der Waals surface area (Å²) in [4.78, 5) is 35.7. The lowest BCUT2D eigenvalue weighted by atomic mass is 9.80. The molecule has 2 bridgehead atoms. The fourth-order valence-corrected chi connectivity index (χ4v) is 11.9. The van der Waals surface area contributed by atoms with Crippen molar-refractivity contribution in [2.24, 2.45) is 0 Å². The molecular weight excluding hydrogens is 753 g/mol. The minimum Gasteiger partial charge on any atom is -0.504 e. The van der Waals surface area contributed by atoms with Crippen molar-refractivity contribution in [1.29, 1.82) is 0 Å². The molecular formula is C42H48N4O10S. The van der Waals surface area contributed by atoms with E-state index in [4.69, 9.17) is 28.4 Å². The fraction of sp³-hybridized carbons (Fsp3) is 0.476. The van der Waals surface area contributed by atoms with Gasteiger partial charge in [-0.1, -0.05) is 24.3 Å². The number of phenols is 1. The number of aryl methyl sites for hydroxylation is 1. The Kier molecular flexibility index (Phi) is 9.41. The highest BCUT2D eigenvalue weighted by atomic mass is 32.2. The second-order valence-corrected chi connectivity index (χ2v) is 17.0. The van der Waals surface area contributed by atoms with Crippen LogP contribution in [-0.2, 0) is 37.4 Å². The summed E-state index contributed by atoms with van der Waals surface area (Å²) in [5.74, 6) is 0.791. The summed E-state index contributed by atoms with van der Waals surface area (Å²) in [7, 11) is 7.08. The number of esters is 2. The number of nitrogens with one attached hydrogen (secondary N) is 2. The zero-order valence-electron chi connectivity index (χ0n) is 33.1. The molecule has 0 aliphatic carbocycles. The first-order valence-electron chi connectivity index (χ1n) is 19.2. The molecule has 4 N–H and O–H groups in total. The SMILES string of the molecule is COC[C@@H]1Cc2c([nH]c3ccccc23)[C@@]2(CS[C@@H]3c4c(OC(C)=O)c(C)c5c(c4[C@H](COC2=O)N2[C@@H]3[C@@H](N(C)C)c3c(cc(C)c(OC)c3O)C[C@@H]2O)OCO5)N1. The molecule has 0 amide bonds. The van der Waals surface area contributed by atoms with Gasteiger partial charge in [-0.25, -0.2) is 4.79 Å². The zero-order valence-corrected chi connectivity index (χ0v) is 33.9. The Morgan fingerprint density at radius 3 is 2.58 bits per heavy atom. The fourth-order valence-electron chi connectivity index (χ4n) is 10.2. The van der Waals surface area contributed by atoms with Gasteiger partial charge in [0.15, 0.2) is 28.5 Å². The summed E-state index contributed by atoms with van der Waals surface area (Å²) in [6.45, 7) is 5.19. The number of methoxy groups -OCH3 is 2. The van der Waals surface area contributed by atoms with Crippen molar-refractivity contribution in [1.82, 2.24) is 20.1 Å². The molecule has 1 spiro atoms. The number of aliphatic hydroxyl groups is 1. The van der Waals surface area contributed by atoms with Crippen LogP contribution in [0.15, 0.2) is 30.3 Å². The number of thioether (sulfide) groups is 1. The van der Waals surface area contributed by atoms with Crippen LogP contribution in [0.25, 0.3) is 10.9 Å². The second kappa shape index (κ2) is 14.1. The van der Waals surface area contributed by atoms with Crippen LogP contribution >= 0.6 is 11.8 Å². The van der Waals surface area contributed by atoms with Crippen LogP contribution in [-0.4, -0.2) is 109 Å². The number of aromatic hydroxyl groups is 1. The van der Waals surface area contributed by atoms with E-state index in [1.165, 1.54) is 25.8 Å². The molecule has 4 aromatic rings. The van der Waals surface area contributed by atoms with E-state index in [0.717, 1.165) is 33.3 Å². The maximum atomic E-state index is 15.1. The molecule has 6 aliphatic heterocycles. The van der Waals surface area contributed by atoms with Crippen molar-refractivity contribution in [2.75, 3.05) is 54.1 Å². The minimum atomic E-state index is -1.35. The summed E-state index contributed by atoms with van der Waals surface area (Å²) < 4.78 is 36.5. The lowest BCUT2D eigenvalue weighted by molar-refractivity contribution is -0.159. The van der Waals surface area contributed by atoms with Gasteiger partial charge in [0, 0.05) is 71.4 Å². The number of likely N-dealkylation sites (N-methyl/N-ethyl adjacent to an activating group) is 1. The lowest BCUT2D eigenvalue weighted by Gasteiger charge is -2.53. The van der Waals surface area contributed by atoms with E-state index in [1.807, 2.05) is 62.0 Å². The monoisotopic (exact) mass is 800 g/mol. The average molecular weight is 801 g/mol. The summed E-state index contributed by atoms with van der Waals surface area (Å²) in [6, 6.07) is 7.82. The molecule has 15 heteroatoms. The van der Waals surface area contributed by atoms with Crippen LogP contribution in [0.1, 0.15) is 68.9 Å². The minimum absolute atomic E-state index is 0.00230. The molecule has 7 heterocycles. The molecule has 3 aromatic carbocycles. The largest absolute Gasteiger partial charge is 0.504 e. The number of ether oxygens (including phenoxy) is 6. The van der Waals surface area contributed by atoms with Crippen LogP contribution < -0.4 is 24.3 Å². The lowest BCUT2D eigenvalue weighted by Crippen LogP contribution is -2.62. The third kappa shape index (κ3) is 5.64. The predicted octanol–water partition coefficient (Wildman–Crippen LogP) is 4.44. The van der Waals surface area contributed by atoms with Gasteiger partial charge in [0.05, 0.1) is 36.7 Å². The number of H-pyrrole nitrogens is 1. The number of fused-ring (bicyclic) bond motifs is 8. The number of hydrogen-bond acceptors (Lipinski definition) is 14. The van der Waals surface area contributed by atoms with Crippen molar-refractivity contribution in [3.05, 3.63) is 75.0 Å². The summed E-state index contributed by atoms with van der Waals surface area (Å²) in [5.41, 5.74) is 5.36. The van der Waals surface area contributed by atoms with E-state index < -0.39 is 47.1 Å². The summed E-state index contributed by atoms with van der Waals surface area (Å²) in [6.07, 6.45) is -0.310. The van der Waals surface area contributed by atoms with Crippen LogP contribution in [0.3, 0.4) is 0 Å². The summed E-state index contributed by atoms with van der Waals surface area (Å²) >= 11 is 1.51. The standard InChI is InChI=1S/C42H48N4O10S/c1-19-12-22-13-28(48)46-27-16-53-41(50)42(40-25(14-23(44-42)15-51-6)24-10-8-9-11-26(24)43-40)17-57-39(33(46)32(45(4)5)29(22)34(49)35(19)52-7)31-30(27)38-37(54-18-55-38)20(2)36(31)56-21(3)47/h8-12,23,27-28,32-33,39,43-44,48-49H,13-18H2,1-7H3/t23-,27-,28-,32-,33+,39+,42+/m0/s1. The van der Waals surface area contributed by atoms with E-state index in [0.29, 0.717) is 58.3 Å². The molecule has 0 unspecified atom stereocenters. The highest BCUT2D eigenvalue weighted by molar-refractivity contribution is 7.99. The number of aliphatic hydroxyl groups excluding tert-OH is 1. The number of rotatable bonds is 5. The van der Waals surface area contributed by atoms with Crippen LogP contribution in [0.2, 0.25) is 0 Å². The van der Waals surface area contributed by atoms with Crippen molar-refractivity contribution in [3.63, 3.8) is 0 Å². The Morgan fingerprint density at radius 2 is 1.84 bits per heavy atom. The summed E-state index contributed by atoms with van der Waals surface area (Å²) in [5, 5.41) is 28.8. The molecule has 1 saturated heterocycles.